The molecule has 6 rings (SSSR count). The molecule has 5 nitrogen and oxygen atoms in total. The second-order valence-corrected chi connectivity index (χ2v) is 6.92. The lowest BCUT2D eigenvalue weighted by atomic mass is 9.59. The zero-order valence-electron chi connectivity index (χ0n) is 10.6. The summed E-state index contributed by atoms with van der Waals surface area (Å²) in [5.41, 5.74) is 0.245. The van der Waals surface area contributed by atoms with Gasteiger partial charge in [0.1, 0.15) is 0 Å². The van der Waals surface area contributed by atoms with Gasteiger partial charge in [0.2, 0.25) is 0 Å². The average molecular weight is 271 g/mol. The molecular formula is C15H13NO4. The highest BCUT2D eigenvalue weighted by atomic mass is 16.5. The van der Waals surface area contributed by atoms with Crippen molar-refractivity contribution in [2.24, 2.45) is 0 Å². The predicted octanol–water partition coefficient (Wildman–Crippen LogP) is 0.0694. The number of aliphatic hydroxyl groups is 1. The van der Waals surface area contributed by atoms with Crippen LogP contribution >= 0.6 is 0 Å². The van der Waals surface area contributed by atoms with Crippen molar-refractivity contribution < 1.29 is 19.7 Å². The summed E-state index contributed by atoms with van der Waals surface area (Å²) in [6, 6.07) is 3.58. The number of fused-ring (bicyclic) bond motifs is 1. The fourth-order valence-corrected chi connectivity index (χ4v) is 5.71. The molecule has 1 aromatic carbocycles. The molecule has 102 valence electrons. The summed E-state index contributed by atoms with van der Waals surface area (Å²) in [7, 11) is 0. The number of hydrogen-bond donors (Lipinski definition) is 3. The highest BCUT2D eigenvalue weighted by Gasteiger charge is 2.88. The average Bonchev–Trinajstić information content (AvgIpc) is 2.84. The maximum absolute atomic E-state index is 12.3. The van der Waals surface area contributed by atoms with Crippen LogP contribution in [0.5, 0.6) is 11.5 Å². The predicted molar refractivity (Wildman–Crippen MR) is 66.6 cm³/mol. The van der Waals surface area contributed by atoms with Gasteiger partial charge in [-0.05, 0) is 24.5 Å². The van der Waals surface area contributed by atoms with Gasteiger partial charge in [0.15, 0.2) is 23.4 Å². The van der Waals surface area contributed by atoms with E-state index in [1.807, 2.05) is 6.07 Å². The highest BCUT2D eigenvalue weighted by Crippen LogP contribution is 2.77. The summed E-state index contributed by atoms with van der Waals surface area (Å²) in [6.07, 6.45) is 0.918. The molecular weight excluding hydrogens is 258 g/mol. The number of carbonyl (C=O) groups excluding carboxylic acids is 1. The van der Waals surface area contributed by atoms with Crippen LogP contribution in [0.25, 0.3) is 0 Å². The summed E-state index contributed by atoms with van der Waals surface area (Å²) in [5.74, 6) is 0.545. The van der Waals surface area contributed by atoms with Crippen LogP contribution in [0.4, 0.5) is 0 Å². The van der Waals surface area contributed by atoms with Crippen LogP contribution in [0.1, 0.15) is 30.4 Å². The molecule has 5 aliphatic rings. The Morgan fingerprint density at radius 1 is 1.40 bits per heavy atom. The molecule has 1 saturated heterocycles. The molecule has 3 aliphatic carbocycles. The molecule has 2 bridgehead atoms. The number of piperidine rings is 1. The van der Waals surface area contributed by atoms with E-state index < -0.39 is 17.1 Å². The fourth-order valence-electron chi connectivity index (χ4n) is 5.71. The van der Waals surface area contributed by atoms with Gasteiger partial charge in [-0.1, -0.05) is 6.07 Å². The van der Waals surface area contributed by atoms with Crippen molar-refractivity contribution in [3.8, 4) is 11.5 Å². The number of Topliss-reactive ketones (excluding diaryl/α,β-unsaturated/α-hetero) is 1. The van der Waals surface area contributed by atoms with Crippen LogP contribution in [-0.4, -0.2) is 33.7 Å². The molecule has 0 aromatic heterocycles. The van der Waals surface area contributed by atoms with E-state index in [0.29, 0.717) is 25.0 Å². The smallest absolute Gasteiger partial charge is 0.174 e. The lowest BCUT2D eigenvalue weighted by Crippen LogP contribution is -2.63. The van der Waals surface area contributed by atoms with Gasteiger partial charge in [-0.2, -0.15) is 0 Å². The third kappa shape index (κ3) is 0.650. The molecule has 3 fully saturated rings. The van der Waals surface area contributed by atoms with Gasteiger partial charge in [-0.3, -0.25) is 10.1 Å². The number of benzene rings is 1. The number of phenols is 1. The second kappa shape index (κ2) is 2.38. The quantitative estimate of drug-likeness (QED) is 0.581. The summed E-state index contributed by atoms with van der Waals surface area (Å²) in [5, 5.41) is 24.8. The van der Waals surface area contributed by atoms with Gasteiger partial charge in [-0.15, -0.1) is 0 Å². The van der Waals surface area contributed by atoms with E-state index >= 15 is 0 Å². The molecule has 5 heteroatoms. The first-order valence-corrected chi connectivity index (χ1v) is 7.11. The first-order chi connectivity index (χ1) is 9.55. The highest BCUT2D eigenvalue weighted by molar-refractivity contribution is 5.92. The van der Waals surface area contributed by atoms with Crippen LogP contribution < -0.4 is 10.1 Å². The minimum atomic E-state index is -0.919. The van der Waals surface area contributed by atoms with Crippen molar-refractivity contribution in [1.82, 2.24) is 5.32 Å². The Balaban J connectivity index is 1.79. The number of carbonyl (C=O) groups is 1. The number of aromatic hydroxyl groups is 1. The Morgan fingerprint density at radius 2 is 2.25 bits per heavy atom. The van der Waals surface area contributed by atoms with E-state index in [-0.39, 0.29) is 23.1 Å². The third-order valence-corrected chi connectivity index (χ3v) is 6.41. The van der Waals surface area contributed by atoms with E-state index in [1.54, 1.807) is 6.07 Å². The van der Waals surface area contributed by atoms with Crippen LogP contribution in [0.2, 0.25) is 0 Å². The summed E-state index contributed by atoms with van der Waals surface area (Å²) < 4.78 is 5.83. The van der Waals surface area contributed by atoms with Gasteiger partial charge in [0.05, 0.1) is 22.6 Å². The minimum Gasteiger partial charge on any atom is -0.504 e. The number of phenolic OH excluding ortho intramolecular Hbond substituents is 1. The summed E-state index contributed by atoms with van der Waals surface area (Å²) in [4.78, 5) is 12.3. The topological polar surface area (TPSA) is 88.7 Å². The monoisotopic (exact) mass is 271 g/mol. The van der Waals surface area contributed by atoms with Gasteiger partial charge in [0.25, 0.3) is 0 Å². The Labute approximate surface area is 114 Å². The molecule has 20 heavy (non-hydrogen) atoms. The molecule has 1 aromatic rings. The zero-order valence-corrected chi connectivity index (χ0v) is 10.6. The molecule has 5 atom stereocenters. The number of rotatable bonds is 0. The van der Waals surface area contributed by atoms with E-state index in [9.17, 15) is 15.0 Å². The number of ether oxygens (including phenoxy) is 1. The Morgan fingerprint density at radius 3 is 3.10 bits per heavy atom. The van der Waals surface area contributed by atoms with Crippen molar-refractivity contribution in [3.05, 3.63) is 23.3 Å². The first-order valence-electron chi connectivity index (χ1n) is 7.11. The number of hydrogen-bond acceptors (Lipinski definition) is 5. The lowest BCUT2D eigenvalue weighted by Gasteiger charge is -2.46. The van der Waals surface area contributed by atoms with Crippen molar-refractivity contribution in [3.63, 3.8) is 0 Å². The Hall–Kier alpha value is -1.59. The van der Waals surface area contributed by atoms with E-state index in [1.165, 1.54) is 0 Å². The molecule has 2 saturated carbocycles. The minimum absolute atomic E-state index is 0.0252. The maximum atomic E-state index is 12.3. The maximum Gasteiger partial charge on any atom is 0.174 e. The standard InChI is InChI=1S/C15H13NO4/c17-7-2-1-6-9-10(7)20-11-8(18)3-4-15(19)12-14(6,16-12)5-13(9,11)15/h1-2,11-12,16-17,19H,3-5H2/t11-,12?,13-,14-,15+/m0/s1. The molecule has 1 unspecified atom stereocenters. The summed E-state index contributed by atoms with van der Waals surface area (Å²) >= 11 is 0. The largest absolute Gasteiger partial charge is 0.504 e. The van der Waals surface area contributed by atoms with Crippen LogP contribution in [-0.2, 0) is 15.7 Å². The molecule has 0 amide bonds. The molecule has 2 heterocycles. The second-order valence-electron chi connectivity index (χ2n) is 6.92. The van der Waals surface area contributed by atoms with Crippen molar-refractivity contribution in [1.29, 1.82) is 0 Å². The van der Waals surface area contributed by atoms with Gasteiger partial charge >= 0.3 is 0 Å². The van der Waals surface area contributed by atoms with Crippen LogP contribution in [0.15, 0.2) is 12.1 Å². The number of ketones is 1. The van der Waals surface area contributed by atoms with E-state index in [2.05, 4.69) is 5.32 Å². The van der Waals surface area contributed by atoms with Crippen LogP contribution in [0.3, 0.4) is 0 Å². The van der Waals surface area contributed by atoms with Crippen LogP contribution in [0, 0.1) is 0 Å². The zero-order chi connectivity index (χ0) is 13.5. The lowest BCUT2D eigenvalue weighted by molar-refractivity contribution is -0.146. The van der Waals surface area contributed by atoms with Gasteiger partial charge in [0, 0.05) is 12.0 Å². The SMILES string of the molecule is O=C1CC[C@@]2(O)C3N[C@]34C[C@@]23c2c4ccc(O)c2O[C@@H]13. The molecule has 2 spiro atoms. The first kappa shape index (κ1) is 10.2. The molecule has 2 aliphatic heterocycles. The summed E-state index contributed by atoms with van der Waals surface area (Å²) in [6.45, 7) is 0. The van der Waals surface area contributed by atoms with E-state index in [0.717, 1.165) is 11.1 Å². The Kier molecular flexibility index (Phi) is 1.21. The Bertz CT molecular complexity index is 746. The van der Waals surface area contributed by atoms with Gasteiger partial charge < -0.3 is 14.9 Å². The van der Waals surface area contributed by atoms with Crippen molar-refractivity contribution in [2.45, 2.75) is 48.0 Å². The van der Waals surface area contributed by atoms with Crippen molar-refractivity contribution in [2.75, 3.05) is 0 Å². The fraction of sp³-hybridized carbons (Fsp3) is 0.533. The third-order valence-electron chi connectivity index (χ3n) is 6.41. The molecule has 0 radical (unpaired) electrons. The number of nitrogens with one attached hydrogen (secondary N) is 1. The molecule has 3 N–H and O–H groups in total. The van der Waals surface area contributed by atoms with Crippen molar-refractivity contribution >= 4 is 5.78 Å². The van der Waals surface area contributed by atoms with Gasteiger partial charge in [-0.25, -0.2) is 0 Å². The van der Waals surface area contributed by atoms with E-state index in [4.69, 9.17) is 4.74 Å². The normalized spacial score (nSPS) is 51.8.